The highest BCUT2D eigenvalue weighted by molar-refractivity contribution is 6.37. The number of aromatic amines is 1. The molecule has 0 saturated carbocycles. The molecule has 0 bridgehead atoms. The zero-order chi connectivity index (χ0) is 14.1. The summed E-state index contributed by atoms with van der Waals surface area (Å²) in [5.41, 5.74) is 2.52. The SMILES string of the molecule is Clc1ccc2nc(/C=C/c3c(Cl)cccc3Cl)[nH]c2c1. The van der Waals surface area contributed by atoms with Crippen LogP contribution in [0.15, 0.2) is 36.4 Å². The standard InChI is InChI=1S/C15H9Cl3N2/c16-9-4-6-13-14(8-9)20-15(19-13)7-5-10-11(17)2-1-3-12(10)18/h1-8H,(H,19,20)/b7-5+. The minimum absolute atomic E-state index is 0.605. The summed E-state index contributed by atoms with van der Waals surface area (Å²) in [6, 6.07) is 10.9. The van der Waals surface area contributed by atoms with E-state index in [2.05, 4.69) is 9.97 Å². The first-order valence-corrected chi connectivity index (χ1v) is 7.04. The van der Waals surface area contributed by atoms with Crippen molar-refractivity contribution in [2.75, 3.05) is 0 Å². The molecule has 2 nitrogen and oxygen atoms in total. The number of nitrogens with one attached hydrogen (secondary N) is 1. The van der Waals surface area contributed by atoms with E-state index in [-0.39, 0.29) is 0 Å². The van der Waals surface area contributed by atoms with Gasteiger partial charge in [-0.1, -0.05) is 40.9 Å². The van der Waals surface area contributed by atoms with Gasteiger partial charge in [0.1, 0.15) is 5.82 Å². The van der Waals surface area contributed by atoms with E-state index in [0.29, 0.717) is 15.1 Å². The maximum Gasteiger partial charge on any atom is 0.131 e. The maximum absolute atomic E-state index is 6.11. The molecule has 0 aliphatic rings. The van der Waals surface area contributed by atoms with E-state index < -0.39 is 0 Å². The Morgan fingerprint density at radius 2 is 1.70 bits per heavy atom. The number of hydrogen-bond acceptors (Lipinski definition) is 1. The molecule has 3 rings (SSSR count). The lowest BCUT2D eigenvalue weighted by atomic mass is 10.2. The molecule has 0 aliphatic carbocycles. The van der Waals surface area contributed by atoms with Crippen LogP contribution in [0.2, 0.25) is 15.1 Å². The summed E-state index contributed by atoms with van der Waals surface area (Å²) in [5.74, 6) is 0.721. The molecule has 0 unspecified atom stereocenters. The monoisotopic (exact) mass is 322 g/mol. The largest absolute Gasteiger partial charge is 0.338 e. The molecule has 0 radical (unpaired) electrons. The molecule has 1 aromatic heterocycles. The summed E-state index contributed by atoms with van der Waals surface area (Å²) in [4.78, 5) is 7.62. The highest BCUT2D eigenvalue weighted by atomic mass is 35.5. The van der Waals surface area contributed by atoms with E-state index in [4.69, 9.17) is 34.8 Å². The van der Waals surface area contributed by atoms with Crippen molar-refractivity contribution in [1.82, 2.24) is 9.97 Å². The first kappa shape index (κ1) is 13.5. The van der Waals surface area contributed by atoms with E-state index in [1.807, 2.05) is 36.4 Å². The molecule has 1 heterocycles. The van der Waals surface area contributed by atoms with E-state index >= 15 is 0 Å². The normalized spacial score (nSPS) is 11.6. The van der Waals surface area contributed by atoms with E-state index in [1.165, 1.54) is 0 Å². The van der Waals surface area contributed by atoms with Gasteiger partial charge in [-0.2, -0.15) is 0 Å². The quantitative estimate of drug-likeness (QED) is 0.644. The number of rotatable bonds is 2. The first-order valence-electron chi connectivity index (χ1n) is 5.91. The molecule has 1 N–H and O–H groups in total. The number of aromatic nitrogens is 2. The first-order chi connectivity index (χ1) is 9.63. The lowest BCUT2D eigenvalue weighted by molar-refractivity contribution is 1.29. The fraction of sp³-hybridized carbons (Fsp3) is 0. The van der Waals surface area contributed by atoms with Crippen molar-refractivity contribution in [3.63, 3.8) is 0 Å². The average molecular weight is 324 g/mol. The summed E-state index contributed by atoms with van der Waals surface area (Å²) >= 11 is 18.2. The number of benzene rings is 2. The number of H-pyrrole nitrogens is 1. The van der Waals surface area contributed by atoms with Crippen molar-refractivity contribution in [2.24, 2.45) is 0 Å². The van der Waals surface area contributed by atoms with Crippen molar-refractivity contribution in [3.05, 3.63) is 62.9 Å². The zero-order valence-corrected chi connectivity index (χ0v) is 12.5. The van der Waals surface area contributed by atoms with Crippen molar-refractivity contribution >= 4 is 58.0 Å². The molecule has 2 aromatic carbocycles. The fourth-order valence-electron chi connectivity index (χ4n) is 1.91. The summed E-state index contributed by atoms with van der Waals surface area (Å²) in [6.07, 6.45) is 3.67. The number of halogens is 3. The molecule has 0 saturated heterocycles. The van der Waals surface area contributed by atoms with Gasteiger partial charge in [0.2, 0.25) is 0 Å². The Labute approximate surface area is 131 Å². The van der Waals surface area contributed by atoms with Crippen molar-refractivity contribution in [3.8, 4) is 0 Å². The molecule has 5 heteroatoms. The van der Waals surface area contributed by atoms with Crippen LogP contribution in [0.5, 0.6) is 0 Å². The topological polar surface area (TPSA) is 28.7 Å². The molecule has 100 valence electrons. The predicted molar refractivity (Wildman–Crippen MR) is 86.5 cm³/mol. The Morgan fingerprint density at radius 3 is 2.45 bits per heavy atom. The van der Waals surface area contributed by atoms with Crippen LogP contribution in [0.1, 0.15) is 11.4 Å². The number of fused-ring (bicyclic) bond motifs is 1. The van der Waals surface area contributed by atoms with Gasteiger partial charge in [0.25, 0.3) is 0 Å². The van der Waals surface area contributed by atoms with Crippen LogP contribution in [-0.4, -0.2) is 9.97 Å². The molecule has 0 fully saturated rings. The van der Waals surface area contributed by atoms with Crippen LogP contribution in [0.3, 0.4) is 0 Å². The van der Waals surface area contributed by atoms with E-state index in [1.54, 1.807) is 12.1 Å². The van der Waals surface area contributed by atoms with Crippen LogP contribution in [0.25, 0.3) is 23.2 Å². The second-order valence-electron chi connectivity index (χ2n) is 4.25. The number of imidazole rings is 1. The Balaban J connectivity index is 1.98. The van der Waals surface area contributed by atoms with Gasteiger partial charge >= 0.3 is 0 Å². The molecular weight excluding hydrogens is 315 g/mol. The van der Waals surface area contributed by atoms with Crippen molar-refractivity contribution in [2.45, 2.75) is 0 Å². The minimum atomic E-state index is 0.605. The van der Waals surface area contributed by atoms with Gasteiger partial charge in [-0.25, -0.2) is 4.98 Å². The highest BCUT2D eigenvalue weighted by Gasteiger charge is 2.03. The molecule has 3 aromatic rings. The number of hydrogen-bond donors (Lipinski definition) is 1. The predicted octanol–water partition coefficient (Wildman–Crippen LogP) is 5.69. The Bertz CT molecular complexity index is 786. The van der Waals surface area contributed by atoms with Crippen LogP contribution in [-0.2, 0) is 0 Å². The van der Waals surface area contributed by atoms with Gasteiger partial charge in [0.15, 0.2) is 0 Å². The van der Waals surface area contributed by atoms with Crippen LogP contribution in [0, 0.1) is 0 Å². The van der Waals surface area contributed by atoms with Gasteiger partial charge in [-0.15, -0.1) is 0 Å². The van der Waals surface area contributed by atoms with Crippen LogP contribution in [0.4, 0.5) is 0 Å². The highest BCUT2D eigenvalue weighted by Crippen LogP contribution is 2.26. The summed E-state index contributed by atoms with van der Waals surface area (Å²) in [6.45, 7) is 0. The average Bonchev–Trinajstić information content (AvgIpc) is 2.80. The third-order valence-corrected chi connectivity index (χ3v) is 3.76. The zero-order valence-electron chi connectivity index (χ0n) is 10.2. The van der Waals surface area contributed by atoms with Gasteiger partial charge in [0.05, 0.1) is 11.0 Å². The molecule has 20 heavy (non-hydrogen) atoms. The molecule has 0 spiro atoms. The van der Waals surface area contributed by atoms with Gasteiger partial charge < -0.3 is 4.98 Å². The lowest BCUT2D eigenvalue weighted by Gasteiger charge is -1.99. The molecule has 0 aliphatic heterocycles. The summed E-state index contributed by atoms with van der Waals surface area (Å²) < 4.78 is 0. The third kappa shape index (κ3) is 2.68. The second kappa shape index (κ2) is 5.49. The van der Waals surface area contributed by atoms with Crippen LogP contribution >= 0.6 is 34.8 Å². The van der Waals surface area contributed by atoms with Crippen molar-refractivity contribution < 1.29 is 0 Å². The summed E-state index contributed by atoms with van der Waals surface area (Å²) in [5, 5.41) is 1.88. The Kier molecular flexibility index (Phi) is 3.70. The van der Waals surface area contributed by atoms with Gasteiger partial charge in [-0.05, 0) is 42.5 Å². The van der Waals surface area contributed by atoms with Crippen molar-refractivity contribution in [1.29, 1.82) is 0 Å². The van der Waals surface area contributed by atoms with E-state index in [0.717, 1.165) is 22.4 Å². The second-order valence-corrected chi connectivity index (χ2v) is 5.50. The third-order valence-electron chi connectivity index (χ3n) is 2.87. The molecule has 0 amide bonds. The molecule has 0 atom stereocenters. The Morgan fingerprint density at radius 1 is 0.950 bits per heavy atom. The number of nitrogens with zero attached hydrogens (tertiary/aromatic N) is 1. The maximum atomic E-state index is 6.11. The van der Waals surface area contributed by atoms with E-state index in [9.17, 15) is 0 Å². The summed E-state index contributed by atoms with van der Waals surface area (Å²) in [7, 11) is 0. The van der Waals surface area contributed by atoms with Gasteiger partial charge in [0, 0.05) is 20.6 Å². The fourth-order valence-corrected chi connectivity index (χ4v) is 2.61. The lowest BCUT2D eigenvalue weighted by Crippen LogP contribution is -1.78. The van der Waals surface area contributed by atoms with Gasteiger partial charge in [-0.3, -0.25) is 0 Å². The minimum Gasteiger partial charge on any atom is -0.338 e. The molecular formula is C15H9Cl3N2. The smallest absolute Gasteiger partial charge is 0.131 e. The van der Waals surface area contributed by atoms with Crippen LogP contribution < -0.4 is 0 Å². The Hall–Kier alpha value is -1.48.